The molecule has 0 aromatic heterocycles. The molecule has 0 radical (unpaired) electrons. The molecule has 2 heteroatoms. The van der Waals surface area contributed by atoms with Crippen LogP contribution in [0, 0.1) is 5.92 Å². The molecule has 1 saturated carbocycles. The summed E-state index contributed by atoms with van der Waals surface area (Å²) in [6.45, 7) is 2.14. The largest absolute Gasteiger partial charge is 0.191 e. The minimum atomic E-state index is 0.0799. The van der Waals surface area contributed by atoms with Gasteiger partial charge in [0.1, 0.15) is 0 Å². The van der Waals surface area contributed by atoms with E-state index in [1.807, 2.05) is 0 Å². The predicted molar refractivity (Wildman–Crippen MR) is 35.2 cm³/mol. The van der Waals surface area contributed by atoms with E-state index in [1.54, 1.807) is 0 Å². The Balaban J connectivity index is 1.98. The van der Waals surface area contributed by atoms with Crippen molar-refractivity contribution in [3.8, 4) is 0 Å². The monoisotopic (exact) mass is 124 g/mol. The Kier molecular flexibility index (Phi) is 0.930. The summed E-state index contributed by atoms with van der Waals surface area (Å²) >= 11 is 0. The van der Waals surface area contributed by atoms with Gasteiger partial charge in [-0.2, -0.15) is 10.2 Å². The van der Waals surface area contributed by atoms with E-state index in [9.17, 15) is 0 Å². The average molecular weight is 124 g/mol. The first kappa shape index (κ1) is 5.39. The summed E-state index contributed by atoms with van der Waals surface area (Å²) in [5.41, 5.74) is 0.0799. The Labute approximate surface area is 55.4 Å². The van der Waals surface area contributed by atoms with E-state index in [-0.39, 0.29) is 5.66 Å². The van der Waals surface area contributed by atoms with Gasteiger partial charge in [0, 0.05) is 5.92 Å². The maximum Gasteiger partial charge on any atom is 0.191 e. The van der Waals surface area contributed by atoms with Crippen LogP contribution >= 0.6 is 0 Å². The molecule has 0 N–H and O–H groups in total. The summed E-state index contributed by atoms with van der Waals surface area (Å²) in [4.78, 5) is 0. The molecule has 1 heterocycles. The van der Waals surface area contributed by atoms with Crippen LogP contribution in [0.25, 0.3) is 0 Å². The third-order valence-electron chi connectivity index (χ3n) is 2.54. The van der Waals surface area contributed by atoms with E-state index in [2.05, 4.69) is 17.2 Å². The molecule has 0 saturated heterocycles. The van der Waals surface area contributed by atoms with Crippen LogP contribution in [0.3, 0.4) is 0 Å². The van der Waals surface area contributed by atoms with E-state index < -0.39 is 0 Å². The summed E-state index contributed by atoms with van der Waals surface area (Å²) in [5, 5.41) is 8.08. The van der Waals surface area contributed by atoms with Gasteiger partial charge in [0.15, 0.2) is 5.66 Å². The van der Waals surface area contributed by atoms with Crippen LogP contribution in [-0.4, -0.2) is 5.66 Å². The van der Waals surface area contributed by atoms with Crippen LogP contribution in [0.4, 0.5) is 0 Å². The highest BCUT2D eigenvalue weighted by molar-refractivity contribution is 4.96. The molecule has 0 aromatic carbocycles. The maximum absolute atomic E-state index is 4.04. The molecule has 0 aromatic rings. The van der Waals surface area contributed by atoms with Crippen molar-refractivity contribution in [1.82, 2.24) is 0 Å². The number of hydrogen-bond donors (Lipinski definition) is 0. The van der Waals surface area contributed by atoms with Crippen molar-refractivity contribution in [2.45, 2.75) is 38.3 Å². The average Bonchev–Trinajstić information content (AvgIpc) is 2.46. The molecule has 0 bridgehead atoms. The third-order valence-corrected chi connectivity index (χ3v) is 2.54. The van der Waals surface area contributed by atoms with E-state index in [4.69, 9.17) is 0 Å². The van der Waals surface area contributed by atoms with Crippen LogP contribution in [0.5, 0.6) is 0 Å². The molecule has 0 atom stereocenters. The van der Waals surface area contributed by atoms with Crippen LogP contribution in [0.1, 0.15) is 32.6 Å². The van der Waals surface area contributed by atoms with Gasteiger partial charge >= 0.3 is 0 Å². The minimum Gasteiger partial charge on any atom is -0.159 e. The molecule has 2 nitrogen and oxygen atoms in total. The highest BCUT2D eigenvalue weighted by Gasteiger charge is 2.43. The predicted octanol–water partition coefficient (Wildman–Crippen LogP) is 2.36. The normalized spacial score (nSPS) is 31.2. The second-order valence-corrected chi connectivity index (χ2v) is 3.28. The van der Waals surface area contributed by atoms with Crippen LogP contribution in [0.2, 0.25) is 0 Å². The van der Waals surface area contributed by atoms with Crippen molar-refractivity contribution in [1.29, 1.82) is 0 Å². The van der Waals surface area contributed by atoms with Gasteiger partial charge in [0.25, 0.3) is 0 Å². The minimum absolute atomic E-state index is 0.0799. The molecule has 1 fully saturated rings. The lowest BCUT2D eigenvalue weighted by Gasteiger charge is -2.10. The second-order valence-electron chi connectivity index (χ2n) is 3.28. The van der Waals surface area contributed by atoms with E-state index in [0.717, 1.165) is 5.92 Å². The molecule has 0 unspecified atom stereocenters. The van der Waals surface area contributed by atoms with Crippen molar-refractivity contribution < 1.29 is 0 Å². The van der Waals surface area contributed by atoms with Gasteiger partial charge in [0.05, 0.1) is 0 Å². The lowest BCUT2D eigenvalue weighted by Crippen LogP contribution is -2.16. The second kappa shape index (κ2) is 1.55. The quantitative estimate of drug-likeness (QED) is 0.512. The van der Waals surface area contributed by atoms with Crippen molar-refractivity contribution in [3.63, 3.8) is 0 Å². The Bertz CT molecular complexity index is 139. The van der Waals surface area contributed by atoms with Gasteiger partial charge in [-0.05, 0) is 19.8 Å². The standard InChI is InChI=1S/C7H12N2/c1-7(8-9-7)6-4-2-3-5-6/h6H,2-5H2,1H3. The molecule has 0 spiro atoms. The lowest BCUT2D eigenvalue weighted by atomic mass is 9.97. The highest BCUT2D eigenvalue weighted by Crippen LogP contribution is 2.44. The first-order valence-electron chi connectivity index (χ1n) is 3.75. The number of rotatable bonds is 1. The fourth-order valence-electron chi connectivity index (χ4n) is 1.71. The molecule has 50 valence electrons. The van der Waals surface area contributed by atoms with Gasteiger partial charge in [-0.1, -0.05) is 12.8 Å². The molecule has 1 aliphatic carbocycles. The SMILES string of the molecule is CC1(C2CCCC2)N=N1. The van der Waals surface area contributed by atoms with Gasteiger partial charge in [-0.15, -0.1) is 0 Å². The topological polar surface area (TPSA) is 24.7 Å². The summed E-state index contributed by atoms with van der Waals surface area (Å²) in [6, 6.07) is 0. The summed E-state index contributed by atoms with van der Waals surface area (Å²) < 4.78 is 0. The maximum atomic E-state index is 4.04. The lowest BCUT2D eigenvalue weighted by molar-refractivity contribution is 0.408. The van der Waals surface area contributed by atoms with Crippen molar-refractivity contribution >= 4 is 0 Å². The van der Waals surface area contributed by atoms with Gasteiger partial charge < -0.3 is 0 Å². The Morgan fingerprint density at radius 1 is 1.22 bits per heavy atom. The van der Waals surface area contributed by atoms with Crippen molar-refractivity contribution in [3.05, 3.63) is 0 Å². The van der Waals surface area contributed by atoms with E-state index in [0.29, 0.717) is 0 Å². The molecule has 2 rings (SSSR count). The van der Waals surface area contributed by atoms with Crippen molar-refractivity contribution in [2.75, 3.05) is 0 Å². The van der Waals surface area contributed by atoms with Crippen LogP contribution in [-0.2, 0) is 0 Å². The zero-order valence-electron chi connectivity index (χ0n) is 5.80. The molecule has 0 amide bonds. The molecule has 1 aliphatic heterocycles. The van der Waals surface area contributed by atoms with Crippen LogP contribution in [0.15, 0.2) is 10.2 Å². The Hall–Kier alpha value is -0.400. The molecule has 2 aliphatic rings. The Morgan fingerprint density at radius 3 is 2.22 bits per heavy atom. The van der Waals surface area contributed by atoms with Gasteiger partial charge in [-0.25, -0.2) is 0 Å². The van der Waals surface area contributed by atoms with Gasteiger partial charge in [0.2, 0.25) is 0 Å². The molecular formula is C7H12N2. The zero-order chi connectivity index (χ0) is 6.32. The summed E-state index contributed by atoms with van der Waals surface area (Å²) in [7, 11) is 0. The number of nitrogens with zero attached hydrogens (tertiary/aromatic N) is 2. The zero-order valence-corrected chi connectivity index (χ0v) is 5.80. The van der Waals surface area contributed by atoms with E-state index in [1.165, 1.54) is 25.7 Å². The summed E-state index contributed by atoms with van der Waals surface area (Å²) in [6.07, 6.45) is 5.49. The third kappa shape index (κ3) is 0.769. The fourth-order valence-corrected chi connectivity index (χ4v) is 1.71. The first-order chi connectivity index (χ1) is 4.31. The van der Waals surface area contributed by atoms with E-state index >= 15 is 0 Å². The highest BCUT2D eigenvalue weighted by atomic mass is 15.4. The smallest absolute Gasteiger partial charge is 0.159 e. The van der Waals surface area contributed by atoms with Crippen LogP contribution < -0.4 is 0 Å². The van der Waals surface area contributed by atoms with Crippen molar-refractivity contribution in [2.24, 2.45) is 16.1 Å². The van der Waals surface area contributed by atoms with Gasteiger partial charge in [-0.3, -0.25) is 0 Å². The molecule has 9 heavy (non-hydrogen) atoms. The molecular weight excluding hydrogens is 112 g/mol. The number of hydrogen-bond acceptors (Lipinski definition) is 2. The summed E-state index contributed by atoms with van der Waals surface area (Å²) in [5.74, 6) is 0.789. The Morgan fingerprint density at radius 2 is 1.78 bits per heavy atom. The first-order valence-corrected chi connectivity index (χ1v) is 3.75. The fraction of sp³-hybridized carbons (Fsp3) is 1.00.